The number of fused-ring (bicyclic) bond motifs is 2. The molecule has 4 heteroatoms. The van der Waals surface area contributed by atoms with Crippen LogP contribution in [0, 0.1) is 0 Å². The predicted octanol–water partition coefficient (Wildman–Crippen LogP) is 0.849. The Morgan fingerprint density at radius 1 is 1.36 bits per heavy atom. The fraction of sp³-hybridized carbons (Fsp3) is 0.200. The van der Waals surface area contributed by atoms with Gasteiger partial charge >= 0.3 is 0 Å². The highest BCUT2D eigenvalue weighted by Crippen LogP contribution is 2.19. The van der Waals surface area contributed by atoms with Gasteiger partial charge in [-0.05, 0) is 24.1 Å². The summed E-state index contributed by atoms with van der Waals surface area (Å²) in [6, 6.07) is 3.85. The average molecular weight is 187 g/mol. The number of aromatic nitrogens is 2. The molecule has 0 fully saturated rings. The summed E-state index contributed by atoms with van der Waals surface area (Å²) in [6.45, 7) is 0.728. The molecule has 4 nitrogen and oxygen atoms in total. The molecular formula is C10H9N3O. The van der Waals surface area contributed by atoms with Crippen molar-refractivity contribution in [2.45, 2.75) is 6.42 Å². The summed E-state index contributed by atoms with van der Waals surface area (Å²) in [6.07, 6.45) is 2.55. The maximum Gasteiger partial charge on any atom is 0.251 e. The molecule has 2 N–H and O–H groups in total. The van der Waals surface area contributed by atoms with E-state index in [9.17, 15) is 4.79 Å². The van der Waals surface area contributed by atoms with Gasteiger partial charge in [0, 0.05) is 12.1 Å². The molecule has 1 aromatic carbocycles. The number of carbonyl (C=O) groups is 1. The zero-order valence-electron chi connectivity index (χ0n) is 7.50. The Morgan fingerprint density at radius 2 is 2.29 bits per heavy atom. The summed E-state index contributed by atoms with van der Waals surface area (Å²) in [4.78, 5) is 18.7. The van der Waals surface area contributed by atoms with Crippen molar-refractivity contribution in [2.75, 3.05) is 6.54 Å². The normalized spacial score (nSPS) is 15.3. The van der Waals surface area contributed by atoms with E-state index in [0.717, 1.165) is 35.1 Å². The Labute approximate surface area is 80.3 Å². The van der Waals surface area contributed by atoms with Gasteiger partial charge in [0.05, 0.1) is 17.4 Å². The number of amides is 1. The lowest BCUT2D eigenvalue weighted by molar-refractivity contribution is 0.0946. The van der Waals surface area contributed by atoms with E-state index in [1.54, 1.807) is 6.33 Å². The van der Waals surface area contributed by atoms with E-state index in [0.29, 0.717) is 0 Å². The van der Waals surface area contributed by atoms with Crippen molar-refractivity contribution in [3.8, 4) is 0 Å². The van der Waals surface area contributed by atoms with Crippen LogP contribution in [0.25, 0.3) is 11.0 Å². The molecule has 0 unspecified atom stereocenters. The van der Waals surface area contributed by atoms with Crippen LogP contribution >= 0.6 is 0 Å². The van der Waals surface area contributed by atoms with Gasteiger partial charge in [0.2, 0.25) is 0 Å². The first-order valence-corrected chi connectivity index (χ1v) is 4.59. The number of hydrogen-bond acceptors (Lipinski definition) is 2. The van der Waals surface area contributed by atoms with E-state index < -0.39 is 0 Å². The first kappa shape index (κ1) is 7.55. The number of hydrogen-bond donors (Lipinski definition) is 2. The monoisotopic (exact) mass is 187 g/mol. The van der Waals surface area contributed by atoms with Gasteiger partial charge in [-0.3, -0.25) is 4.79 Å². The Kier molecular flexibility index (Phi) is 1.39. The molecule has 0 saturated heterocycles. The van der Waals surface area contributed by atoms with Crippen LogP contribution in [0.3, 0.4) is 0 Å². The third-order valence-corrected chi connectivity index (χ3v) is 2.57. The fourth-order valence-corrected chi connectivity index (χ4v) is 1.85. The second kappa shape index (κ2) is 2.57. The van der Waals surface area contributed by atoms with Gasteiger partial charge in [0.15, 0.2) is 0 Å². The molecule has 1 aliphatic heterocycles. The number of imidazole rings is 1. The van der Waals surface area contributed by atoms with Gasteiger partial charge in [-0.2, -0.15) is 0 Å². The number of carbonyl (C=O) groups excluding carboxylic acids is 1. The first-order valence-electron chi connectivity index (χ1n) is 4.59. The highest BCUT2D eigenvalue weighted by atomic mass is 16.1. The number of benzene rings is 1. The molecule has 0 radical (unpaired) electrons. The molecule has 1 amide bonds. The van der Waals surface area contributed by atoms with E-state index in [1.165, 1.54) is 0 Å². The molecular weight excluding hydrogens is 178 g/mol. The summed E-state index contributed by atoms with van der Waals surface area (Å²) in [7, 11) is 0. The van der Waals surface area contributed by atoms with Crippen molar-refractivity contribution in [1.82, 2.24) is 15.3 Å². The number of H-pyrrole nitrogens is 1. The minimum Gasteiger partial charge on any atom is -0.352 e. The number of aromatic amines is 1. The highest BCUT2D eigenvalue weighted by Gasteiger charge is 2.17. The van der Waals surface area contributed by atoms with Gasteiger partial charge in [-0.25, -0.2) is 4.98 Å². The molecule has 0 aliphatic carbocycles. The zero-order valence-corrected chi connectivity index (χ0v) is 7.50. The van der Waals surface area contributed by atoms with Crippen molar-refractivity contribution in [3.63, 3.8) is 0 Å². The SMILES string of the molecule is O=C1NCCc2cc3[nH]cnc3cc21. The van der Waals surface area contributed by atoms with Gasteiger partial charge in [-0.15, -0.1) is 0 Å². The zero-order chi connectivity index (χ0) is 9.54. The Hall–Kier alpha value is -1.84. The molecule has 3 rings (SSSR count). The van der Waals surface area contributed by atoms with Gasteiger partial charge < -0.3 is 10.3 Å². The van der Waals surface area contributed by atoms with Gasteiger partial charge in [-0.1, -0.05) is 0 Å². The number of nitrogens with zero attached hydrogens (tertiary/aromatic N) is 1. The lowest BCUT2D eigenvalue weighted by Gasteiger charge is -2.15. The Bertz CT molecular complexity index is 515. The first-order chi connectivity index (χ1) is 6.84. The van der Waals surface area contributed by atoms with E-state index in [1.807, 2.05) is 12.1 Å². The van der Waals surface area contributed by atoms with E-state index >= 15 is 0 Å². The summed E-state index contributed by atoms with van der Waals surface area (Å²) in [5.41, 5.74) is 3.71. The van der Waals surface area contributed by atoms with Crippen LogP contribution in [0.15, 0.2) is 18.5 Å². The Morgan fingerprint density at radius 3 is 3.21 bits per heavy atom. The van der Waals surface area contributed by atoms with Crippen molar-refractivity contribution < 1.29 is 4.79 Å². The van der Waals surface area contributed by atoms with Crippen LogP contribution in [0.4, 0.5) is 0 Å². The second-order valence-electron chi connectivity index (χ2n) is 3.43. The van der Waals surface area contributed by atoms with Crippen molar-refractivity contribution in [3.05, 3.63) is 29.6 Å². The molecule has 2 aromatic rings. The second-order valence-corrected chi connectivity index (χ2v) is 3.43. The van der Waals surface area contributed by atoms with E-state index in [2.05, 4.69) is 15.3 Å². The molecule has 0 saturated carbocycles. The van der Waals surface area contributed by atoms with Gasteiger partial charge in [0.1, 0.15) is 0 Å². The molecule has 0 bridgehead atoms. The highest BCUT2D eigenvalue weighted by molar-refractivity contribution is 5.99. The largest absolute Gasteiger partial charge is 0.352 e. The fourth-order valence-electron chi connectivity index (χ4n) is 1.85. The molecule has 2 heterocycles. The van der Waals surface area contributed by atoms with Crippen LogP contribution < -0.4 is 5.32 Å². The summed E-state index contributed by atoms with van der Waals surface area (Å²) >= 11 is 0. The maximum atomic E-state index is 11.5. The number of nitrogens with one attached hydrogen (secondary N) is 2. The quantitative estimate of drug-likeness (QED) is 0.642. The third-order valence-electron chi connectivity index (χ3n) is 2.57. The van der Waals surface area contributed by atoms with Crippen LogP contribution in [0.5, 0.6) is 0 Å². The van der Waals surface area contributed by atoms with E-state index in [-0.39, 0.29) is 5.91 Å². The van der Waals surface area contributed by atoms with Crippen LogP contribution in [-0.2, 0) is 6.42 Å². The topological polar surface area (TPSA) is 57.8 Å². The van der Waals surface area contributed by atoms with E-state index in [4.69, 9.17) is 0 Å². The van der Waals surface area contributed by atoms with Crippen LogP contribution in [-0.4, -0.2) is 22.4 Å². The van der Waals surface area contributed by atoms with Crippen LogP contribution in [0.1, 0.15) is 15.9 Å². The molecule has 70 valence electrons. The Balaban J connectivity index is 2.32. The average Bonchev–Trinajstić information content (AvgIpc) is 2.62. The van der Waals surface area contributed by atoms with Crippen LogP contribution in [0.2, 0.25) is 0 Å². The molecule has 1 aliphatic rings. The molecule has 14 heavy (non-hydrogen) atoms. The minimum atomic E-state index is 0.0103. The molecule has 1 aromatic heterocycles. The lowest BCUT2D eigenvalue weighted by Crippen LogP contribution is -2.31. The van der Waals surface area contributed by atoms with Gasteiger partial charge in [0.25, 0.3) is 5.91 Å². The van der Waals surface area contributed by atoms with Crippen molar-refractivity contribution in [1.29, 1.82) is 0 Å². The molecule has 0 atom stereocenters. The maximum absolute atomic E-state index is 11.5. The summed E-state index contributed by atoms with van der Waals surface area (Å²) in [5, 5.41) is 2.82. The predicted molar refractivity (Wildman–Crippen MR) is 52.1 cm³/mol. The smallest absolute Gasteiger partial charge is 0.251 e. The third kappa shape index (κ3) is 0.937. The van der Waals surface area contributed by atoms with Crippen molar-refractivity contribution >= 4 is 16.9 Å². The molecule has 0 spiro atoms. The van der Waals surface area contributed by atoms with Crippen molar-refractivity contribution in [2.24, 2.45) is 0 Å². The minimum absolute atomic E-state index is 0.0103. The number of rotatable bonds is 0. The lowest BCUT2D eigenvalue weighted by atomic mass is 10.00. The standard InChI is InChI=1S/C10H9N3O/c14-10-7-4-9-8(12-5-13-9)3-6(7)1-2-11-10/h3-5H,1-2H2,(H,11,14)(H,12,13). The summed E-state index contributed by atoms with van der Waals surface area (Å²) < 4.78 is 0. The summed E-state index contributed by atoms with van der Waals surface area (Å²) in [5.74, 6) is 0.0103.